The van der Waals surface area contributed by atoms with Gasteiger partial charge in [0.1, 0.15) is 5.82 Å². The first-order valence-corrected chi connectivity index (χ1v) is 13.7. The van der Waals surface area contributed by atoms with Gasteiger partial charge in [0.25, 0.3) is 0 Å². The van der Waals surface area contributed by atoms with Gasteiger partial charge < -0.3 is 24.9 Å². The number of likely N-dealkylation sites (N-methyl/N-ethyl adjacent to an activating group) is 1. The fourth-order valence-corrected chi connectivity index (χ4v) is 6.74. The molecular formula is C28H34ClN7. The SMILES string of the molecule is CN(C)C1CN(c2nc3c(c(N4CC5CCC(C4)N5)n2)CCN(c2cccc4cccc(Cl)c24)C3)C1. The Morgan fingerprint density at radius 2 is 1.67 bits per heavy atom. The lowest BCUT2D eigenvalue weighted by Crippen LogP contribution is -2.58. The van der Waals surface area contributed by atoms with Gasteiger partial charge in [-0.1, -0.05) is 35.9 Å². The van der Waals surface area contributed by atoms with Gasteiger partial charge in [0.05, 0.1) is 17.3 Å². The standard InChI is InChI=1S/C28H34ClN7/c1-33(2)21-15-36(16-21)28-31-24-17-34(25-8-4-6-18-5-3-7-23(29)26(18)25)12-11-22(24)27(32-28)35-13-19-9-10-20(14-35)30-19/h3-8,19-21,30H,9-17H2,1-2H3. The molecule has 5 heterocycles. The van der Waals surface area contributed by atoms with Gasteiger partial charge in [-0.3, -0.25) is 0 Å². The van der Waals surface area contributed by atoms with E-state index in [4.69, 9.17) is 21.6 Å². The molecule has 4 aliphatic heterocycles. The largest absolute Gasteiger partial charge is 0.365 e. The quantitative estimate of drug-likeness (QED) is 0.584. The molecule has 1 aromatic heterocycles. The van der Waals surface area contributed by atoms with E-state index in [0.29, 0.717) is 18.1 Å². The molecule has 0 amide bonds. The van der Waals surface area contributed by atoms with E-state index in [1.165, 1.54) is 41.0 Å². The summed E-state index contributed by atoms with van der Waals surface area (Å²) >= 11 is 6.70. The Morgan fingerprint density at radius 1 is 0.917 bits per heavy atom. The maximum atomic E-state index is 6.70. The second kappa shape index (κ2) is 8.75. The van der Waals surface area contributed by atoms with Crippen LogP contribution in [0.2, 0.25) is 5.02 Å². The Kier molecular flexibility index (Phi) is 5.49. The highest BCUT2D eigenvalue weighted by molar-refractivity contribution is 6.36. The normalized spacial score (nSPS) is 23.9. The molecule has 0 saturated carbocycles. The van der Waals surface area contributed by atoms with Crippen molar-refractivity contribution in [1.29, 1.82) is 0 Å². The first kappa shape index (κ1) is 22.6. The zero-order chi connectivity index (χ0) is 24.4. The fraction of sp³-hybridized carbons (Fsp3) is 0.500. The number of aromatic nitrogens is 2. The third-order valence-electron chi connectivity index (χ3n) is 8.60. The number of nitrogens with zero attached hydrogens (tertiary/aromatic N) is 6. The average molecular weight is 504 g/mol. The number of anilines is 3. The second-order valence-electron chi connectivity index (χ2n) is 11.1. The number of halogens is 1. The minimum Gasteiger partial charge on any atom is -0.365 e. The third-order valence-corrected chi connectivity index (χ3v) is 8.91. The van der Waals surface area contributed by atoms with Crippen molar-refractivity contribution in [2.75, 3.05) is 61.5 Å². The lowest BCUT2D eigenvalue weighted by molar-refractivity contribution is 0.245. The molecule has 2 bridgehead atoms. The lowest BCUT2D eigenvalue weighted by atomic mass is 10.0. The van der Waals surface area contributed by atoms with Crippen molar-refractivity contribution in [3.63, 3.8) is 0 Å². The molecule has 188 valence electrons. The Hall–Kier alpha value is -2.61. The highest BCUT2D eigenvalue weighted by Gasteiger charge is 2.37. The van der Waals surface area contributed by atoms with Gasteiger partial charge in [-0.25, -0.2) is 4.98 Å². The number of benzene rings is 2. The molecule has 3 fully saturated rings. The Bertz CT molecular complexity index is 1290. The van der Waals surface area contributed by atoms with Crippen molar-refractivity contribution in [3.8, 4) is 0 Å². The van der Waals surface area contributed by atoms with E-state index < -0.39 is 0 Å². The predicted octanol–water partition coefficient (Wildman–Crippen LogP) is 3.54. The van der Waals surface area contributed by atoms with Crippen molar-refractivity contribution >= 4 is 39.8 Å². The van der Waals surface area contributed by atoms with E-state index in [0.717, 1.165) is 62.0 Å². The molecule has 7 nitrogen and oxygen atoms in total. The van der Waals surface area contributed by atoms with Crippen LogP contribution in [0.4, 0.5) is 17.5 Å². The molecular weight excluding hydrogens is 470 g/mol. The minimum absolute atomic E-state index is 0.567. The molecule has 2 unspecified atom stereocenters. The van der Waals surface area contributed by atoms with E-state index in [9.17, 15) is 0 Å². The predicted molar refractivity (Wildman–Crippen MR) is 148 cm³/mol. The zero-order valence-corrected chi connectivity index (χ0v) is 21.9. The van der Waals surface area contributed by atoms with Crippen LogP contribution in [-0.4, -0.2) is 79.8 Å². The van der Waals surface area contributed by atoms with E-state index in [1.807, 2.05) is 12.1 Å². The molecule has 2 atom stereocenters. The van der Waals surface area contributed by atoms with Gasteiger partial charge in [-0.15, -0.1) is 0 Å². The van der Waals surface area contributed by atoms with Crippen LogP contribution in [0.15, 0.2) is 36.4 Å². The smallest absolute Gasteiger partial charge is 0.227 e. The van der Waals surface area contributed by atoms with Crippen LogP contribution in [-0.2, 0) is 13.0 Å². The van der Waals surface area contributed by atoms with Crippen LogP contribution >= 0.6 is 11.6 Å². The summed E-state index contributed by atoms with van der Waals surface area (Å²) in [7, 11) is 4.32. The summed E-state index contributed by atoms with van der Waals surface area (Å²) < 4.78 is 0. The topological polar surface area (TPSA) is 50.8 Å². The van der Waals surface area contributed by atoms with Crippen LogP contribution in [0.3, 0.4) is 0 Å². The van der Waals surface area contributed by atoms with E-state index in [2.05, 4.69) is 63.3 Å². The molecule has 2 aromatic carbocycles. The number of fused-ring (bicyclic) bond motifs is 4. The molecule has 0 aliphatic carbocycles. The Balaban J connectivity index is 1.26. The van der Waals surface area contributed by atoms with E-state index in [-0.39, 0.29) is 0 Å². The summed E-state index contributed by atoms with van der Waals surface area (Å²) in [6.07, 6.45) is 3.49. The third kappa shape index (κ3) is 3.80. The first-order chi connectivity index (χ1) is 17.5. The maximum Gasteiger partial charge on any atom is 0.227 e. The number of rotatable bonds is 4. The van der Waals surface area contributed by atoms with Gasteiger partial charge in [-0.2, -0.15) is 4.98 Å². The van der Waals surface area contributed by atoms with Gasteiger partial charge in [-0.05, 0) is 50.9 Å². The number of hydrogen-bond donors (Lipinski definition) is 1. The summed E-state index contributed by atoms with van der Waals surface area (Å²) in [5.74, 6) is 2.07. The second-order valence-corrected chi connectivity index (χ2v) is 11.5. The Morgan fingerprint density at radius 3 is 2.42 bits per heavy atom. The summed E-state index contributed by atoms with van der Waals surface area (Å²) in [5, 5.41) is 6.90. The van der Waals surface area contributed by atoms with Crippen molar-refractivity contribution in [1.82, 2.24) is 20.2 Å². The molecule has 3 aromatic rings. The molecule has 4 aliphatic rings. The molecule has 0 radical (unpaired) electrons. The fourth-order valence-electron chi connectivity index (χ4n) is 6.46. The number of hydrogen-bond acceptors (Lipinski definition) is 7. The lowest BCUT2D eigenvalue weighted by Gasteiger charge is -2.44. The summed E-state index contributed by atoms with van der Waals surface area (Å²) in [5.41, 5.74) is 3.71. The monoisotopic (exact) mass is 503 g/mol. The number of nitrogens with one attached hydrogen (secondary N) is 1. The van der Waals surface area contributed by atoms with Crippen LogP contribution < -0.4 is 20.0 Å². The number of piperazine rings is 1. The van der Waals surface area contributed by atoms with Crippen LogP contribution in [0.5, 0.6) is 0 Å². The van der Waals surface area contributed by atoms with Crippen LogP contribution in [0.25, 0.3) is 10.8 Å². The van der Waals surface area contributed by atoms with Crippen molar-refractivity contribution in [2.24, 2.45) is 0 Å². The van der Waals surface area contributed by atoms with Crippen molar-refractivity contribution in [2.45, 2.75) is 43.9 Å². The molecule has 7 rings (SSSR count). The van der Waals surface area contributed by atoms with E-state index >= 15 is 0 Å². The summed E-state index contributed by atoms with van der Waals surface area (Å²) in [6.45, 7) is 5.79. The van der Waals surface area contributed by atoms with Gasteiger partial charge in [0.15, 0.2) is 0 Å². The first-order valence-electron chi connectivity index (χ1n) is 13.3. The van der Waals surface area contributed by atoms with Gasteiger partial charge in [0, 0.05) is 67.5 Å². The highest BCUT2D eigenvalue weighted by atomic mass is 35.5. The average Bonchev–Trinajstić information content (AvgIpc) is 3.19. The molecule has 8 heteroatoms. The molecule has 1 N–H and O–H groups in total. The van der Waals surface area contributed by atoms with Gasteiger partial charge >= 0.3 is 0 Å². The van der Waals surface area contributed by atoms with Gasteiger partial charge in [0.2, 0.25) is 5.95 Å². The summed E-state index contributed by atoms with van der Waals surface area (Å²) in [6, 6.07) is 14.4. The highest BCUT2D eigenvalue weighted by Crippen LogP contribution is 2.38. The minimum atomic E-state index is 0.567. The zero-order valence-electron chi connectivity index (χ0n) is 21.1. The maximum absolute atomic E-state index is 6.70. The molecule has 36 heavy (non-hydrogen) atoms. The van der Waals surface area contributed by atoms with E-state index in [1.54, 1.807) is 0 Å². The van der Waals surface area contributed by atoms with Crippen molar-refractivity contribution < 1.29 is 0 Å². The van der Waals surface area contributed by atoms with Crippen LogP contribution in [0, 0.1) is 0 Å². The summed E-state index contributed by atoms with van der Waals surface area (Å²) in [4.78, 5) is 20.1. The molecule has 0 spiro atoms. The molecule has 3 saturated heterocycles. The van der Waals surface area contributed by atoms with Crippen LogP contribution in [0.1, 0.15) is 24.1 Å². The van der Waals surface area contributed by atoms with Crippen molar-refractivity contribution in [3.05, 3.63) is 52.7 Å². The Labute approximate surface area is 218 Å².